The van der Waals surface area contributed by atoms with Gasteiger partial charge in [0, 0.05) is 5.75 Å². The smallest absolute Gasteiger partial charge is 0.261 e. The number of hydrogen-bond donors (Lipinski definition) is 1. The fourth-order valence-electron chi connectivity index (χ4n) is 2.17. The quantitative estimate of drug-likeness (QED) is 0.895. The molecule has 0 fully saturated rings. The first kappa shape index (κ1) is 13.8. The van der Waals surface area contributed by atoms with Crippen molar-refractivity contribution in [1.29, 1.82) is 0 Å². The molecule has 0 saturated carbocycles. The summed E-state index contributed by atoms with van der Waals surface area (Å²) in [5.41, 5.74) is 1.41. The number of aliphatic imine (C=N–C) groups is 1. The monoisotopic (exact) mass is 302 g/mol. The van der Waals surface area contributed by atoms with Crippen LogP contribution in [0.5, 0.6) is 0 Å². The molecular weight excluding hydrogens is 288 g/mol. The first-order valence-corrected chi connectivity index (χ1v) is 7.55. The van der Waals surface area contributed by atoms with Crippen molar-refractivity contribution in [3.05, 3.63) is 40.4 Å². The van der Waals surface area contributed by atoms with Gasteiger partial charge in [0.25, 0.3) is 5.56 Å². The minimum Gasteiger partial charge on any atom is -0.304 e. The van der Waals surface area contributed by atoms with Gasteiger partial charge < -0.3 is 5.32 Å². The molecule has 1 aliphatic heterocycles. The van der Waals surface area contributed by atoms with Crippen molar-refractivity contribution < 1.29 is 4.79 Å². The van der Waals surface area contributed by atoms with Crippen LogP contribution < -0.4 is 10.9 Å². The Labute approximate surface area is 125 Å². The molecule has 21 heavy (non-hydrogen) atoms. The Hall–Kier alpha value is -2.15. The van der Waals surface area contributed by atoms with E-state index < -0.39 is 0 Å². The van der Waals surface area contributed by atoms with E-state index in [1.165, 1.54) is 22.7 Å². The van der Waals surface area contributed by atoms with Crippen molar-refractivity contribution in [2.45, 2.75) is 13.5 Å². The maximum Gasteiger partial charge on any atom is 0.261 e. The van der Waals surface area contributed by atoms with Gasteiger partial charge in [0.15, 0.2) is 5.17 Å². The highest BCUT2D eigenvalue weighted by atomic mass is 32.2. The van der Waals surface area contributed by atoms with Gasteiger partial charge in [-0.3, -0.25) is 19.1 Å². The van der Waals surface area contributed by atoms with Crippen LogP contribution in [-0.2, 0) is 11.3 Å². The summed E-state index contributed by atoms with van der Waals surface area (Å²) in [5.74, 6) is 0.617. The van der Waals surface area contributed by atoms with Crippen LogP contribution >= 0.6 is 11.8 Å². The minimum atomic E-state index is -0.265. The molecule has 1 amide bonds. The number of carbonyl (C=O) groups excluding carboxylic acids is 1. The van der Waals surface area contributed by atoms with Crippen molar-refractivity contribution in [2.24, 2.45) is 4.99 Å². The van der Waals surface area contributed by atoms with Gasteiger partial charge in [0.05, 0.1) is 23.8 Å². The third-order valence-corrected chi connectivity index (χ3v) is 4.09. The van der Waals surface area contributed by atoms with E-state index in [4.69, 9.17) is 0 Å². The number of fused-ring (bicyclic) bond motifs is 1. The van der Waals surface area contributed by atoms with Crippen LogP contribution in [0.15, 0.2) is 34.3 Å². The maximum absolute atomic E-state index is 12.4. The predicted octanol–water partition coefficient (Wildman–Crippen LogP) is 0.924. The Morgan fingerprint density at radius 3 is 3.10 bits per heavy atom. The SMILES string of the molecule is Cc1cccc2c(=O)n(CC(=O)NC3=NCCS3)cnc12. The number of nitrogens with zero attached hydrogens (tertiary/aromatic N) is 3. The first-order chi connectivity index (χ1) is 10.1. The number of benzene rings is 1. The topological polar surface area (TPSA) is 76.3 Å². The molecule has 1 N–H and O–H groups in total. The van der Waals surface area contributed by atoms with Crippen molar-refractivity contribution in [3.8, 4) is 0 Å². The zero-order valence-corrected chi connectivity index (χ0v) is 12.3. The van der Waals surface area contributed by atoms with Crippen molar-refractivity contribution in [1.82, 2.24) is 14.9 Å². The summed E-state index contributed by atoms with van der Waals surface area (Å²) in [6.45, 7) is 2.56. The number of nitrogens with one attached hydrogen (secondary N) is 1. The number of amidine groups is 1. The third kappa shape index (κ3) is 2.82. The molecule has 0 unspecified atom stereocenters. The highest BCUT2D eigenvalue weighted by Crippen LogP contribution is 2.11. The molecule has 0 saturated heterocycles. The summed E-state index contributed by atoms with van der Waals surface area (Å²) in [6, 6.07) is 5.44. The maximum atomic E-state index is 12.4. The van der Waals surface area contributed by atoms with E-state index in [2.05, 4.69) is 15.3 Å². The molecule has 108 valence electrons. The van der Waals surface area contributed by atoms with Gasteiger partial charge in [-0.1, -0.05) is 23.9 Å². The number of amides is 1. The van der Waals surface area contributed by atoms with Crippen LogP contribution in [0, 0.1) is 6.92 Å². The standard InChI is InChI=1S/C14H14N4O2S/c1-9-3-2-4-10-12(9)16-8-18(13(10)20)7-11(19)17-14-15-5-6-21-14/h2-4,8H,5-7H2,1H3,(H,15,17,19). The lowest BCUT2D eigenvalue weighted by Gasteiger charge is -2.08. The summed E-state index contributed by atoms with van der Waals surface area (Å²) in [7, 11) is 0. The lowest BCUT2D eigenvalue weighted by atomic mass is 10.1. The third-order valence-electron chi connectivity index (χ3n) is 3.20. The molecule has 0 bridgehead atoms. The second kappa shape index (κ2) is 5.69. The van der Waals surface area contributed by atoms with E-state index in [9.17, 15) is 9.59 Å². The first-order valence-electron chi connectivity index (χ1n) is 6.57. The van der Waals surface area contributed by atoms with Crippen molar-refractivity contribution in [3.63, 3.8) is 0 Å². The molecule has 0 aliphatic carbocycles. The summed E-state index contributed by atoms with van der Waals surface area (Å²) in [4.78, 5) is 32.7. The molecule has 0 radical (unpaired) electrons. The van der Waals surface area contributed by atoms with Gasteiger partial charge in [0.1, 0.15) is 6.54 Å². The molecule has 1 aromatic carbocycles. The van der Waals surface area contributed by atoms with Gasteiger partial charge >= 0.3 is 0 Å². The van der Waals surface area contributed by atoms with Gasteiger partial charge in [-0.25, -0.2) is 4.98 Å². The molecule has 1 aromatic heterocycles. The van der Waals surface area contributed by atoms with E-state index in [1.807, 2.05) is 19.1 Å². The molecule has 6 nitrogen and oxygen atoms in total. The number of para-hydroxylation sites is 1. The summed E-state index contributed by atoms with van der Waals surface area (Å²) >= 11 is 1.51. The fourth-order valence-corrected chi connectivity index (χ4v) is 2.92. The van der Waals surface area contributed by atoms with Gasteiger partial charge in [-0.15, -0.1) is 0 Å². The van der Waals surface area contributed by atoms with E-state index in [0.717, 1.165) is 17.9 Å². The summed E-state index contributed by atoms with van der Waals surface area (Å²) < 4.78 is 1.32. The van der Waals surface area contributed by atoms with Gasteiger partial charge in [-0.2, -0.15) is 0 Å². The summed E-state index contributed by atoms with van der Waals surface area (Å²) in [5, 5.41) is 3.85. The number of aryl methyl sites for hydroxylation is 1. The average Bonchev–Trinajstić information content (AvgIpc) is 2.95. The number of aromatic nitrogens is 2. The van der Waals surface area contributed by atoms with Gasteiger partial charge in [-0.05, 0) is 18.6 Å². The van der Waals surface area contributed by atoms with Crippen LogP contribution in [0.3, 0.4) is 0 Å². The fraction of sp³-hybridized carbons (Fsp3) is 0.286. The zero-order valence-electron chi connectivity index (χ0n) is 11.5. The van der Waals surface area contributed by atoms with Crippen molar-refractivity contribution >= 4 is 33.7 Å². The van der Waals surface area contributed by atoms with E-state index >= 15 is 0 Å². The van der Waals surface area contributed by atoms with Crippen LogP contribution in [0.4, 0.5) is 0 Å². The average molecular weight is 302 g/mol. The molecule has 2 aromatic rings. The Bertz CT molecular complexity index is 797. The van der Waals surface area contributed by atoms with Gasteiger partial charge in [0.2, 0.25) is 5.91 Å². The number of thioether (sulfide) groups is 1. The highest BCUT2D eigenvalue weighted by molar-refractivity contribution is 8.14. The molecule has 0 spiro atoms. The predicted molar refractivity (Wildman–Crippen MR) is 83.6 cm³/mol. The Morgan fingerprint density at radius 2 is 2.33 bits per heavy atom. The second-order valence-corrected chi connectivity index (χ2v) is 5.82. The molecule has 7 heteroatoms. The Morgan fingerprint density at radius 1 is 1.48 bits per heavy atom. The molecular formula is C14H14N4O2S. The second-order valence-electron chi connectivity index (χ2n) is 4.73. The molecule has 2 heterocycles. The highest BCUT2D eigenvalue weighted by Gasteiger charge is 2.13. The molecule has 1 aliphatic rings. The zero-order chi connectivity index (χ0) is 14.8. The number of hydrogen-bond acceptors (Lipinski definition) is 5. The number of rotatable bonds is 2. The van der Waals surface area contributed by atoms with Crippen molar-refractivity contribution in [2.75, 3.05) is 12.3 Å². The van der Waals surface area contributed by atoms with E-state index in [-0.39, 0.29) is 18.0 Å². The van der Waals surface area contributed by atoms with Crippen LogP contribution in [0.1, 0.15) is 5.56 Å². The Kier molecular flexibility index (Phi) is 3.74. The van der Waals surface area contributed by atoms with Crippen LogP contribution in [0.25, 0.3) is 10.9 Å². The minimum absolute atomic E-state index is 0.0602. The van der Waals surface area contributed by atoms with Crippen LogP contribution in [0.2, 0.25) is 0 Å². The Balaban J connectivity index is 1.86. The van der Waals surface area contributed by atoms with E-state index in [1.54, 1.807) is 6.07 Å². The largest absolute Gasteiger partial charge is 0.304 e. The summed E-state index contributed by atoms with van der Waals surface area (Å²) in [6.07, 6.45) is 1.42. The lowest BCUT2D eigenvalue weighted by molar-refractivity contribution is -0.120. The van der Waals surface area contributed by atoms with E-state index in [0.29, 0.717) is 16.1 Å². The normalized spacial score (nSPS) is 14.2. The lowest BCUT2D eigenvalue weighted by Crippen LogP contribution is -2.34. The number of carbonyl (C=O) groups is 1. The van der Waals surface area contributed by atoms with Crippen LogP contribution in [-0.4, -0.2) is 32.9 Å². The molecule has 3 rings (SSSR count). The molecule has 0 atom stereocenters.